The van der Waals surface area contributed by atoms with Crippen molar-refractivity contribution < 1.29 is 14.3 Å². The molecular weight excluding hydrogens is 384 g/mol. The van der Waals surface area contributed by atoms with E-state index in [9.17, 15) is 4.79 Å². The summed E-state index contributed by atoms with van der Waals surface area (Å²) in [5.74, 6) is -0.0201. The third-order valence-corrected chi connectivity index (χ3v) is 5.39. The largest absolute Gasteiger partial charge is 0.444 e. The number of halogens is 1. The van der Waals surface area contributed by atoms with Crippen LogP contribution in [0.5, 0.6) is 11.5 Å². The number of carbonyl (C=O) groups excluding carboxylic acids is 1. The van der Waals surface area contributed by atoms with E-state index in [2.05, 4.69) is 0 Å². The molecule has 0 saturated heterocycles. The lowest BCUT2D eigenvalue weighted by Gasteiger charge is -2.27. The molecule has 0 unspecified atom stereocenters. The highest BCUT2D eigenvalue weighted by Crippen LogP contribution is 2.48. The SMILES string of the molecule is O=C(CC1(c2ccccc2)Oc2cc3ccccc3cc2O1)c1ccc(Cl)cc1. The normalized spacial score (nSPS) is 14.1. The molecule has 1 heterocycles. The van der Waals surface area contributed by atoms with Gasteiger partial charge in [0.2, 0.25) is 0 Å². The predicted molar refractivity (Wildman–Crippen MR) is 114 cm³/mol. The van der Waals surface area contributed by atoms with E-state index >= 15 is 0 Å². The van der Waals surface area contributed by atoms with E-state index in [4.69, 9.17) is 21.1 Å². The number of hydrogen-bond acceptors (Lipinski definition) is 3. The second-order valence-corrected chi connectivity index (χ2v) is 7.51. The number of Topliss-reactive ketones (excluding diaryl/α,β-unsaturated/α-hetero) is 1. The molecule has 0 N–H and O–H groups in total. The Balaban J connectivity index is 1.56. The van der Waals surface area contributed by atoms with Crippen LogP contribution < -0.4 is 9.47 Å². The van der Waals surface area contributed by atoms with Crippen molar-refractivity contribution in [3.8, 4) is 11.5 Å². The number of ether oxygens (including phenoxy) is 2. The number of ketones is 1. The Labute approximate surface area is 173 Å². The van der Waals surface area contributed by atoms with Crippen molar-refractivity contribution in [3.05, 3.63) is 107 Å². The highest BCUT2D eigenvalue weighted by atomic mass is 35.5. The fourth-order valence-corrected chi connectivity index (χ4v) is 3.79. The Hall–Kier alpha value is -3.30. The van der Waals surface area contributed by atoms with E-state index in [0.717, 1.165) is 16.3 Å². The molecule has 29 heavy (non-hydrogen) atoms. The van der Waals surface area contributed by atoms with Crippen molar-refractivity contribution in [3.63, 3.8) is 0 Å². The second-order valence-electron chi connectivity index (χ2n) is 7.08. The quantitative estimate of drug-likeness (QED) is 0.372. The molecule has 0 atom stereocenters. The zero-order chi connectivity index (χ0) is 19.8. The maximum absolute atomic E-state index is 13.1. The fraction of sp³-hybridized carbons (Fsp3) is 0.0800. The van der Waals surface area contributed by atoms with Crippen molar-refractivity contribution >= 4 is 28.2 Å². The molecule has 4 heteroatoms. The molecule has 0 saturated carbocycles. The van der Waals surface area contributed by atoms with Gasteiger partial charge in [-0.25, -0.2) is 0 Å². The van der Waals surface area contributed by atoms with Gasteiger partial charge in [-0.2, -0.15) is 0 Å². The van der Waals surface area contributed by atoms with Crippen molar-refractivity contribution in [1.29, 1.82) is 0 Å². The zero-order valence-electron chi connectivity index (χ0n) is 15.5. The molecule has 1 aliphatic rings. The summed E-state index contributed by atoms with van der Waals surface area (Å²) in [7, 11) is 0. The van der Waals surface area contributed by atoms with Crippen LogP contribution >= 0.6 is 11.6 Å². The highest BCUT2D eigenvalue weighted by Gasteiger charge is 2.45. The minimum absolute atomic E-state index is 0.0453. The molecule has 0 aromatic heterocycles. The van der Waals surface area contributed by atoms with Crippen LogP contribution in [0.4, 0.5) is 0 Å². The molecule has 0 fully saturated rings. The van der Waals surface area contributed by atoms with E-state index in [1.807, 2.05) is 66.7 Å². The lowest BCUT2D eigenvalue weighted by molar-refractivity contribution is -0.0846. The van der Waals surface area contributed by atoms with Crippen LogP contribution in [0.2, 0.25) is 5.02 Å². The van der Waals surface area contributed by atoms with Gasteiger partial charge in [0.05, 0.1) is 6.42 Å². The monoisotopic (exact) mass is 400 g/mol. The van der Waals surface area contributed by atoms with Crippen molar-refractivity contribution in [2.45, 2.75) is 12.2 Å². The van der Waals surface area contributed by atoms with E-state index in [1.165, 1.54) is 0 Å². The predicted octanol–water partition coefficient (Wildman–Crippen LogP) is 6.39. The molecule has 0 bridgehead atoms. The summed E-state index contributed by atoms with van der Waals surface area (Å²) < 4.78 is 12.7. The van der Waals surface area contributed by atoms with E-state index < -0.39 is 5.79 Å². The third-order valence-electron chi connectivity index (χ3n) is 5.13. The van der Waals surface area contributed by atoms with Crippen LogP contribution in [-0.4, -0.2) is 5.78 Å². The minimum atomic E-state index is -1.21. The summed E-state index contributed by atoms with van der Waals surface area (Å²) in [5, 5.41) is 2.71. The van der Waals surface area contributed by atoms with Crippen molar-refractivity contribution in [1.82, 2.24) is 0 Å². The average Bonchev–Trinajstić information content (AvgIpc) is 3.11. The first kappa shape index (κ1) is 17.8. The average molecular weight is 401 g/mol. The smallest absolute Gasteiger partial charge is 0.285 e. The van der Waals surface area contributed by atoms with Gasteiger partial charge in [-0.1, -0.05) is 66.2 Å². The zero-order valence-corrected chi connectivity index (χ0v) is 16.2. The third kappa shape index (κ3) is 3.24. The lowest BCUT2D eigenvalue weighted by atomic mass is 9.96. The molecule has 0 radical (unpaired) electrons. The molecular formula is C25H17ClO3. The maximum atomic E-state index is 13.1. The van der Waals surface area contributed by atoms with Crippen molar-refractivity contribution in [2.75, 3.05) is 0 Å². The van der Waals surface area contributed by atoms with Gasteiger partial charge in [-0.05, 0) is 47.2 Å². The molecule has 3 nitrogen and oxygen atoms in total. The topological polar surface area (TPSA) is 35.5 Å². The summed E-state index contributed by atoms with van der Waals surface area (Å²) >= 11 is 5.96. The van der Waals surface area contributed by atoms with E-state index in [0.29, 0.717) is 22.1 Å². The molecule has 4 aromatic carbocycles. The summed E-state index contributed by atoms with van der Waals surface area (Å²) in [6.45, 7) is 0. The standard InChI is InChI=1S/C25H17ClO3/c26-21-12-10-17(11-13-21)22(27)16-25(20-8-2-1-3-9-20)28-23-14-18-6-4-5-7-19(18)15-24(23)29-25/h1-15H,16H2. The van der Waals surface area contributed by atoms with Crippen LogP contribution in [0.15, 0.2) is 91.0 Å². The Kier molecular flexibility index (Phi) is 4.26. The van der Waals surface area contributed by atoms with Gasteiger partial charge in [0.25, 0.3) is 5.79 Å². The van der Waals surface area contributed by atoms with Gasteiger partial charge in [0, 0.05) is 16.1 Å². The number of fused-ring (bicyclic) bond motifs is 2. The first-order chi connectivity index (χ1) is 14.1. The van der Waals surface area contributed by atoms with Crippen LogP contribution in [-0.2, 0) is 5.79 Å². The van der Waals surface area contributed by atoms with E-state index in [1.54, 1.807) is 24.3 Å². The first-order valence-electron chi connectivity index (χ1n) is 9.38. The molecule has 142 valence electrons. The summed E-state index contributed by atoms with van der Waals surface area (Å²) in [5.41, 5.74) is 1.36. The number of benzene rings is 4. The fourth-order valence-electron chi connectivity index (χ4n) is 3.67. The van der Waals surface area contributed by atoms with E-state index in [-0.39, 0.29) is 12.2 Å². The maximum Gasteiger partial charge on any atom is 0.285 e. The Morgan fingerprint density at radius 1 is 0.759 bits per heavy atom. The Morgan fingerprint density at radius 3 is 1.90 bits per heavy atom. The molecule has 4 aromatic rings. The highest BCUT2D eigenvalue weighted by molar-refractivity contribution is 6.30. The molecule has 0 aliphatic carbocycles. The van der Waals surface area contributed by atoms with Crippen LogP contribution in [0.25, 0.3) is 10.8 Å². The molecule has 1 aliphatic heterocycles. The van der Waals surface area contributed by atoms with Crippen LogP contribution in [0, 0.1) is 0 Å². The number of hydrogen-bond donors (Lipinski definition) is 0. The van der Waals surface area contributed by atoms with Gasteiger partial charge in [-0.15, -0.1) is 0 Å². The first-order valence-corrected chi connectivity index (χ1v) is 9.76. The summed E-state index contributed by atoms with van der Waals surface area (Å²) in [6, 6.07) is 28.4. The lowest BCUT2D eigenvalue weighted by Crippen LogP contribution is -2.38. The van der Waals surface area contributed by atoms with Gasteiger partial charge in [-0.3, -0.25) is 4.79 Å². The summed E-state index contributed by atoms with van der Waals surface area (Å²) in [4.78, 5) is 13.1. The van der Waals surface area contributed by atoms with Gasteiger partial charge in [0.15, 0.2) is 17.3 Å². The molecule has 5 rings (SSSR count). The Bertz CT molecular complexity index is 1160. The summed E-state index contributed by atoms with van der Waals surface area (Å²) in [6.07, 6.45) is 0.0453. The van der Waals surface area contributed by atoms with Gasteiger partial charge < -0.3 is 9.47 Å². The van der Waals surface area contributed by atoms with Gasteiger partial charge in [0.1, 0.15) is 0 Å². The van der Waals surface area contributed by atoms with Gasteiger partial charge >= 0.3 is 0 Å². The number of rotatable bonds is 4. The van der Waals surface area contributed by atoms with Crippen LogP contribution in [0.1, 0.15) is 22.3 Å². The number of carbonyl (C=O) groups is 1. The van der Waals surface area contributed by atoms with Crippen LogP contribution in [0.3, 0.4) is 0 Å². The van der Waals surface area contributed by atoms with Crippen molar-refractivity contribution in [2.24, 2.45) is 0 Å². The minimum Gasteiger partial charge on any atom is -0.444 e. The Morgan fingerprint density at radius 2 is 1.31 bits per heavy atom. The molecule has 0 spiro atoms. The molecule has 0 amide bonds. The second kappa shape index (κ2) is 6.94.